The molecule has 2 heterocycles. The molecular formula is C17H32O4Si. The van der Waals surface area contributed by atoms with Crippen molar-refractivity contribution in [3.63, 3.8) is 0 Å². The molecule has 2 rings (SSSR count). The number of hydrogen-bond acceptors (Lipinski definition) is 4. The first-order chi connectivity index (χ1) is 9.97. The largest absolute Gasteiger partial charge is 0.409 e. The van der Waals surface area contributed by atoms with Crippen molar-refractivity contribution in [2.24, 2.45) is 0 Å². The van der Waals surface area contributed by atoms with E-state index < -0.39 is 14.1 Å². The first-order valence-electron chi connectivity index (χ1n) is 8.23. The van der Waals surface area contributed by atoms with Crippen molar-refractivity contribution >= 4 is 8.32 Å². The van der Waals surface area contributed by atoms with Crippen molar-refractivity contribution in [3.05, 3.63) is 12.7 Å². The Balaban J connectivity index is 2.16. The number of hydrogen-bond donors (Lipinski definition) is 0. The minimum atomic E-state index is -1.87. The maximum atomic E-state index is 6.56. The molecule has 22 heavy (non-hydrogen) atoms. The average molecular weight is 329 g/mol. The van der Waals surface area contributed by atoms with Crippen molar-refractivity contribution in [1.82, 2.24) is 0 Å². The molecule has 5 heteroatoms. The fraction of sp³-hybridized carbons (Fsp3) is 0.882. The van der Waals surface area contributed by atoms with Crippen molar-refractivity contribution < 1.29 is 18.6 Å². The molecule has 0 unspecified atom stereocenters. The van der Waals surface area contributed by atoms with Crippen LogP contribution in [0.1, 0.15) is 41.0 Å². The third kappa shape index (κ3) is 3.65. The number of rotatable bonds is 4. The van der Waals surface area contributed by atoms with Gasteiger partial charge < -0.3 is 18.6 Å². The quantitative estimate of drug-likeness (QED) is 0.580. The molecule has 4 atom stereocenters. The van der Waals surface area contributed by atoms with E-state index in [0.29, 0.717) is 6.61 Å². The molecule has 0 aromatic rings. The van der Waals surface area contributed by atoms with Gasteiger partial charge in [0.15, 0.2) is 14.1 Å². The zero-order valence-electron chi connectivity index (χ0n) is 15.1. The van der Waals surface area contributed by atoms with Crippen LogP contribution in [0.15, 0.2) is 12.7 Å². The van der Waals surface area contributed by atoms with E-state index in [-0.39, 0.29) is 29.5 Å². The Morgan fingerprint density at radius 1 is 1.23 bits per heavy atom. The summed E-state index contributed by atoms with van der Waals surface area (Å²) in [7, 11) is -1.87. The highest BCUT2D eigenvalue weighted by Crippen LogP contribution is 2.42. The standard InChI is InChI=1S/C17H32O4Si/c1-9-10-12-14-15(20-17(5,6)19-14)13(11-18-12)21-22(7,8)16(2,3)4/h9,12-15H,1,10-11H2,2-8H3/t12-,13-,14-,15+/m0/s1. The summed E-state index contributed by atoms with van der Waals surface area (Å²) in [5.41, 5.74) is 0. The van der Waals surface area contributed by atoms with Gasteiger partial charge in [-0.1, -0.05) is 26.8 Å². The summed E-state index contributed by atoms with van der Waals surface area (Å²) in [6.07, 6.45) is 2.44. The van der Waals surface area contributed by atoms with Crippen LogP contribution in [0, 0.1) is 0 Å². The first kappa shape index (κ1) is 18.1. The number of fused-ring (bicyclic) bond motifs is 1. The summed E-state index contributed by atoms with van der Waals surface area (Å²) < 4.78 is 24.8. The second-order valence-electron chi connectivity index (χ2n) is 8.38. The van der Waals surface area contributed by atoms with Gasteiger partial charge in [0.05, 0.1) is 18.8 Å². The predicted octanol–water partition coefficient (Wildman–Crippen LogP) is 3.87. The van der Waals surface area contributed by atoms with Crippen LogP contribution < -0.4 is 0 Å². The molecular weight excluding hydrogens is 296 g/mol. The molecule has 0 spiro atoms. The molecule has 2 saturated heterocycles. The van der Waals surface area contributed by atoms with E-state index in [0.717, 1.165) is 6.42 Å². The fourth-order valence-corrected chi connectivity index (χ4v) is 4.14. The zero-order chi connectivity index (χ0) is 16.8. The third-order valence-corrected chi connectivity index (χ3v) is 9.53. The maximum Gasteiger partial charge on any atom is 0.192 e. The molecule has 2 aliphatic heterocycles. The average Bonchev–Trinajstić information content (AvgIpc) is 2.67. The van der Waals surface area contributed by atoms with Gasteiger partial charge in [-0.25, -0.2) is 0 Å². The predicted molar refractivity (Wildman–Crippen MR) is 90.4 cm³/mol. The lowest BCUT2D eigenvalue weighted by Crippen LogP contribution is -2.56. The topological polar surface area (TPSA) is 36.9 Å². The molecule has 0 bridgehead atoms. The normalized spacial score (nSPS) is 35.2. The van der Waals surface area contributed by atoms with Crippen LogP contribution in [0.3, 0.4) is 0 Å². The highest BCUT2D eigenvalue weighted by atomic mass is 28.4. The van der Waals surface area contributed by atoms with Crippen LogP contribution >= 0.6 is 0 Å². The Kier molecular flexibility index (Phi) is 4.96. The monoisotopic (exact) mass is 328 g/mol. The van der Waals surface area contributed by atoms with Gasteiger partial charge in [0.25, 0.3) is 0 Å². The molecule has 0 amide bonds. The summed E-state index contributed by atoms with van der Waals surface area (Å²) in [5.74, 6) is -0.586. The summed E-state index contributed by atoms with van der Waals surface area (Å²) in [6, 6.07) is 0. The Morgan fingerprint density at radius 2 is 1.82 bits per heavy atom. The molecule has 2 fully saturated rings. The zero-order valence-corrected chi connectivity index (χ0v) is 16.1. The minimum absolute atomic E-state index is 0.00328. The lowest BCUT2D eigenvalue weighted by atomic mass is 9.98. The second kappa shape index (κ2) is 6.02. The summed E-state index contributed by atoms with van der Waals surface area (Å²) in [4.78, 5) is 0. The van der Waals surface area contributed by atoms with E-state index in [1.165, 1.54) is 0 Å². The van der Waals surface area contributed by atoms with Gasteiger partial charge >= 0.3 is 0 Å². The molecule has 2 aliphatic rings. The van der Waals surface area contributed by atoms with E-state index in [4.69, 9.17) is 18.6 Å². The lowest BCUT2D eigenvalue weighted by molar-refractivity contribution is -0.153. The van der Waals surface area contributed by atoms with Crippen LogP contribution in [0.5, 0.6) is 0 Å². The Labute approximate surface area is 136 Å². The van der Waals surface area contributed by atoms with Gasteiger partial charge in [0.2, 0.25) is 0 Å². The third-order valence-electron chi connectivity index (χ3n) is 5.02. The van der Waals surface area contributed by atoms with Gasteiger partial charge in [0, 0.05) is 0 Å². The molecule has 0 N–H and O–H groups in total. The molecule has 0 aromatic carbocycles. The molecule has 0 radical (unpaired) electrons. The summed E-state index contributed by atoms with van der Waals surface area (Å²) >= 11 is 0. The van der Waals surface area contributed by atoms with Crippen molar-refractivity contribution in [2.45, 2.75) is 89.4 Å². The smallest absolute Gasteiger partial charge is 0.192 e. The van der Waals surface area contributed by atoms with Gasteiger partial charge in [-0.2, -0.15) is 0 Å². The molecule has 0 saturated carbocycles. The molecule has 0 aromatic heterocycles. The first-order valence-corrected chi connectivity index (χ1v) is 11.1. The van der Waals surface area contributed by atoms with E-state index in [1.54, 1.807) is 0 Å². The van der Waals surface area contributed by atoms with E-state index in [1.807, 2.05) is 19.9 Å². The summed E-state index contributed by atoms with van der Waals surface area (Å²) in [5, 5.41) is 0.162. The number of ether oxygens (including phenoxy) is 3. The van der Waals surface area contributed by atoms with Gasteiger partial charge in [0.1, 0.15) is 12.2 Å². The highest BCUT2D eigenvalue weighted by Gasteiger charge is 2.53. The van der Waals surface area contributed by atoms with Crippen LogP contribution in [-0.2, 0) is 18.6 Å². The lowest BCUT2D eigenvalue weighted by Gasteiger charge is -2.44. The van der Waals surface area contributed by atoms with Crippen LogP contribution in [0.25, 0.3) is 0 Å². The summed E-state index contributed by atoms with van der Waals surface area (Å²) in [6.45, 7) is 19.6. The van der Waals surface area contributed by atoms with Gasteiger partial charge in [-0.3, -0.25) is 0 Å². The highest BCUT2D eigenvalue weighted by molar-refractivity contribution is 6.74. The maximum absolute atomic E-state index is 6.56. The van der Waals surface area contributed by atoms with Crippen molar-refractivity contribution in [3.8, 4) is 0 Å². The van der Waals surface area contributed by atoms with Crippen LogP contribution in [0.4, 0.5) is 0 Å². The van der Waals surface area contributed by atoms with E-state index in [2.05, 4.69) is 40.4 Å². The minimum Gasteiger partial charge on any atom is -0.409 e. The van der Waals surface area contributed by atoms with Crippen LogP contribution in [0.2, 0.25) is 18.1 Å². The second-order valence-corrected chi connectivity index (χ2v) is 13.1. The van der Waals surface area contributed by atoms with Gasteiger partial charge in [-0.05, 0) is 38.4 Å². The SMILES string of the molecule is C=CC[C@@H]1OC[C@H](O[Si](C)(C)C(C)(C)C)[C@H]2OC(C)(C)O[C@H]21. The Hall–Kier alpha value is -0.203. The Morgan fingerprint density at radius 3 is 2.36 bits per heavy atom. The van der Waals surface area contributed by atoms with Crippen molar-refractivity contribution in [1.29, 1.82) is 0 Å². The van der Waals surface area contributed by atoms with E-state index in [9.17, 15) is 0 Å². The molecule has 0 aliphatic carbocycles. The molecule has 4 nitrogen and oxygen atoms in total. The molecule has 128 valence electrons. The fourth-order valence-electron chi connectivity index (χ4n) is 2.82. The van der Waals surface area contributed by atoms with E-state index >= 15 is 0 Å². The Bertz CT molecular complexity index is 413. The van der Waals surface area contributed by atoms with Gasteiger partial charge in [-0.15, -0.1) is 6.58 Å². The van der Waals surface area contributed by atoms with Crippen molar-refractivity contribution in [2.75, 3.05) is 6.61 Å². The van der Waals surface area contributed by atoms with Crippen LogP contribution in [-0.4, -0.2) is 45.1 Å².